The van der Waals surface area contributed by atoms with Crippen molar-refractivity contribution in [2.45, 2.75) is 32.0 Å². The predicted octanol–water partition coefficient (Wildman–Crippen LogP) is 2.85. The quantitative estimate of drug-likeness (QED) is 0.481. The Kier molecular flexibility index (Phi) is 5.18. The lowest BCUT2D eigenvalue weighted by Crippen LogP contribution is -2.42. The summed E-state index contributed by atoms with van der Waals surface area (Å²) in [5, 5.41) is 0. The number of aromatic nitrogens is 4. The third-order valence-electron chi connectivity index (χ3n) is 5.66. The number of imidazole rings is 1. The lowest BCUT2D eigenvalue weighted by Gasteiger charge is -2.15. The van der Waals surface area contributed by atoms with Crippen LogP contribution < -0.4 is 11.2 Å². The Morgan fingerprint density at radius 3 is 2.62 bits per heavy atom. The van der Waals surface area contributed by atoms with Crippen molar-refractivity contribution in [2.75, 3.05) is 6.61 Å². The summed E-state index contributed by atoms with van der Waals surface area (Å²) in [6, 6.07) is 12.4. The van der Waals surface area contributed by atoms with Crippen LogP contribution >= 0.6 is 0 Å². The molecule has 0 unspecified atom stereocenters. The van der Waals surface area contributed by atoms with Gasteiger partial charge in [0.05, 0.1) is 24.7 Å². The molecule has 0 amide bonds. The van der Waals surface area contributed by atoms with Crippen molar-refractivity contribution in [3.05, 3.63) is 92.9 Å². The first-order valence-corrected chi connectivity index (χ1v) is 10.3. The van der Waals surface area contributed by atoms with Crippen molar-refractivity contribution < 1.29 is 13.5 Å². The summed E-state index contributed by atoms with van der Waals surface area (Å²) in [6.07, 6.45) is 2.73. The highest BCUT2D eigenvalue weighted by Gasteiger charge is 2.24. The smallest absolute Gasteiger partial charge is 0.337 e. The van der Waals surface area contributed by atoms with E-state index in [1.807, 2.05) is 30.3 Å². The fraction of sp³-hybridized carbons (Fsp3) is 0.261. The average molecular weight is 438 g/mol. The highest BCUT2D eigenvalue weighted by atomic mass is 19.1. The van der Waals surface area contributed by atoms with Crippen LogP contribution in [0.3, 0.4) is 0 Å². The number of nitrogens with zero attached hydrogens (tertiary/aromatic N) is 4. The van der Waals surface area contributed by atoms with Crippen molar-refractivity contribution >= 4 is 11.2 Å². The number of hydrogen-bond donors (Lipinski definition) is 0. The molecule has 0 radical (unpaired) electrons. The molecule has 0 aliphatic carbocycles. The van der Waals surface area contributed by atoms with Crippen LogP contribution in [0, 0.1) is 11.6 Å². The molecule has 0 bridgehead atoms. The second-order valence-corrected chi connectivity index (χ2v) is 7.79. The molecule has 5 rings (SSSR count). The maximum absolute atomic E-state index is 14.7. The molecule has 4 aromatic rings. The molecule has 3 heterocycles. The van der Waals surface area contributed by atoms with Crippen LogP contribution in [-0.2, 0) is 17.8 Å². The highest BCUT2D eigenvalue weighted by Crippen LogP contribution is 2.19. The van der Waals surface area contributed by atoms with Gasteiger partial charge in [0.25, 0.3) is 5.56 Å². The van der Waals surface area contributed by atoms with E-state index in [4.69, 9.17) is 4.74 Å². The fourth-order valence-corrected chi connectivity index (χ4v) is 4.11. The summed E-state index contributed by atoms with van der Waals surface area (Å²) in [7, 11) is 0. The molecular formula is C23H20F2N4O3. The molecule has 1 atom stereocenters. The first-order valence-electron chi connectivity index (χ1n) is 10.3. The van der Waals surface area contributed by atoms with E-state index in [9.17, 15) is 18.4 Å². The molecule has 1 fully saturated rings. The first-order chi connectivity index (χ1) is 15.5. The first kappa shape index (κ1) is 20.3. The highest BCUT2D eigenvalue weighted by molar-refractivity contribution is 5.72. The van der Waals surface area contributed by atoms with Crippen LogP contribution in [-0.4, -0.2) is 31.4 Å². The zero-order valence-corrected chi connectivity index (χ0v) is 17.1. The average Bonchev–Trinajstić information content (AvgIpc) is 3.44. The lowest BCUT2D eigenvalue weighted by molar-refractivity contribution is 0.0950. The Bertz CT molecular complexity index is 1400. The van der Waals surface area contributed by atoms with E-state index in [1.165, 1.54) is 12.4 Å². The van der Waals surface area contributed by atoms with E-state index >= 15 is 0 Å². The minimum absolute atomic E-state index is 0.0185. The summed E-state index contributed by atoms with van der Waals surface area (Å²) in [5.74, 6) is -1.69. The normalized spacial score (nSPS) is 16.1. The van der Waals surface area contributed by atoms with Gasteiger partial charge in [-0.25, -0.2) is 23.1 Å². The Balaban J connectivity index is 1.76. The molecule has 2 aromatic heterocycles. The van der Waals surface area contributed by atoms with E-state index in [0.29, 0.717) is 19.2 Å². The van der Waals surface area contributed by atoms with Gasteiger partial charge >= 0.3 is 5.69 Å². The Labute approximate surface area is 181 Å². The maximum Gasteiger partial charge on any atom is 0.337 e. The van der Waals surface area contributed by atoms with Gasteiger partial charge in [-0.2, -0.15) is 0 Å². The standard InChI is InChI=1S/C23H20F2N4O3/c24-16-8-9-19(18(25)11-16)29-21-20(27(14-26-21)12-15-5-2-1-3-6-15)22(30)28(23(29)31)13-17-7-4-10-32-17/h1-3,5-6,8-9,11,14,17H,4,7,10,12-13H2/t17-/m0/s1. The van der Waals surface area contributed by atoms with E-state index in [2.05, 4.69) is 4.98 Å². The molecule has 1 saturated heterocycles. The molecule has 7 nitrogen and oxygen atoms in total. The van der Waals surface area contributed by atoms with Crippen molar-refractivity contribution in [1.82, 2.24) is 18.7 Å². The largest absolute Gasteiger partial charge is 0.376 e. The van der Waals surface area contributed by atoms with Crippen molar-refractivity contribution in [3.8, 4) is 5.69 Å². The van der Waals surface area contributed by atoms with E-state index < -0.39 is 22.9 Å². The number of hydrogen-bond acceptors (Lipinski definition) is 4. The number of fused-ring (bicyclic) bond motifs is 1. The van der Waals surface area contributed by atoms with Crippen molar-refractivity contribution in [3.63, 3.8) is 0 Å². The van der Waals surface area contributed by atoms with Crippen LogP contribution in [0.25, 0.3) is 16.9 Å². The summed E-state index contributed by atoms with van der Waals surface area (Å²) >= 11 is 0. The summed E-state index contributed by atoms with van der Waals surface area (Å²) in [6.45, 7) is 0.956. The Morgan fingerprint density at radius 2 is 1.91 bits per heavy atom. The predicted molar refractivity (Wildman–Crippen MR) is 114 cm³/mol. The minimum atomic E-state index is -0.923. The van der Waals surface area contributed by atoms with Gasteiger partial charge in [0.2, 0.25) is 0 Å². The molecule has 9 heteroatoms. The van der Waals surface area contributed by atoms with Gasteiger partial charge in [-0.1, -0.05) is 30.3 Å². The van der Waals surface area contributed by atoms with Crippen LogP contribution in [0.4, 0.5) is 8.78 Å². The molecule has 164 valence electrons. The summed E-state index contributed by atoms with van der Waals surface area (Å²) in [5.41, 5.74) is -0.323. The van der Waals surface area contributed by atoms with Crippen LogP contribution in [0.1, 0.15) is 18.4 Å². The van der Waals surface area contributed by atoms with E-state index in [1.54, 1.807) is 4.57 Å². The van der Waals surface area contributed by atoms with Crippen LogP contribution in [0.5, 0.6) is 0 Å². The van der Waals surface area contributed by atoms with Gasteiger partial charge in [-0.05, 0) is 30.5 Å². The van der Waals surface area contributed by atoms with Crippen LogP contribution in [0.15, 0.2) is 64.4 Å². The minimum Gasteiger partial charge on any atom is -0.376 e. The second-order valence-electron chi connectivity index (χ2n) is 7.79. The number of benzene rings is 2. The van der Waals surface area contributed by atoms with Gasteiger partial charge in [0, 0.05) is 19.2 Å². The molecule has 0 N–H and O–H groups in total. The van der Waals surface area contributed by atoms with Gasteiger partial charge in [0.1, 0.15) is 11.6 Å². The van der Waals surface area contributed by atoms with Crippen molar-refractivity contribution in [2.24, 2.45) is 0 Å². The monoisotopic (exact) mass is 438 g/mol. The zero-order valence-electron chi connectivity index (χ0n) is 17.1. The number of ether oxygens (including phenoxy) is 1. The SMILES string of the molecule is O=c1c2c(ncn2Cc2ccccc2)n(-c2ccc(F)cc2F)c(=O)n1C[C@@H]1CCCO1. The molecule has 1 aliphatic rings. The second kappa shape index (κ2) is 8.16. The molecule has 1 aliphatic heterocycles. The lowest BCUT2D eigenvalue weighted by atomic mass is 10.2. The molecular weight excluding hydrogens is 418 g/mol. The summed E-state index contributed by atoms with van der Waals surface area (Å²) < 4.78 is 37.5. The van der Waals surface area contributed by atoms with Gasteiger partial charge in [-0.3, -0.25) is 9.36 Å². The third kappa shape index (κ3) is 3.54. The zero-order chi connectivity index (χ0) is 22.2. The fourth-order valence-electron chi connectivity index (χ4n) is 4.11. The third-order valence-corrected chi connectivity index (χ3v) is 5.66. The topological polar surface area (TPSA) is 71.0 Å². The van der Waals surface area contributed by atoms with Crippen molar-refractivity contribution in [1.29, 1.82) is 0 Å². The van der Waals surface area contributed by atoms with Gasteiger partial charge < -0.3 is 9.30 Å². The maximum atomic E-state index is 14.7. The molecule has 0 saturated carbocycles. The van der Waals surface area contributed by atoms with E-state index in [0.717, 1.165) is 33.6 Å². The molecule has 0 spiro atoms. The van der Waals surface area contributed by atoms with Gasteiger partial charge in [-0.15, -0.1) is 0 Å². The Hall–Kier alpha value is -3.59. The van der Waals surface area contributed by atoms with Crippen LogP contribution in [0.2, 0.25) is 0 Å². The summed E-state index contributed by atoms with van der Waals surface area (Å²) in [4.78, 5) is 31.0. The molecule has 32 heavy (non-hydrogen) atoms. The van der Waals surface area contributed by atoms with Gasteiger partial charge in [0.15, 0.2) is 11.2 Å². The Morgan fingerprint density at radius 1 is 1.09 bits per heavy atom. The number of rotatable bonds is 5. The number of halogens is 2. The van der Waals surface area contributed by atoms with E-state index in [-0.39, 0.29) is 29.5 Å². The molecule has 2 aromatic carbocycles.